The fourth-order valence-corrected chi connectivity index (χ4v) is 3.07. The third kappa shape index (κ3) is 4.33. The van der Waals surface area contributed by atoms with Gasteiger partial charge in [-0.25, -0.2) is 9.97 Å². The van der Waals surface area contributed by atoms with E-state index in [9.17, 15) is 5.11 Å². The van der Waals surface area contributed by atoms with E-state index < -0.39 is 0 Å². The summed E-state index contributed by atoms with van der Waals surface area (Å²) in [5.74, 6) is 1.11. The molecule has 1 fully saturated rings. The number of ether oxygens (including phenoxy) is 2. The average molecular weight is 384 g/mol. The Kier molecular flexibility index (Phi) is 5.96. The number of hydrogen-bond acceptors (Lipinski definition) is 6. The highest BCUT2D eigenvalue weighted by atomic mass is 35.5. The van der Waals surface area contributed by atoms with Crippen LogP contribution in [0.25, 0.3) is 0 Å². The van der Waals surface area contributed by atoms with E-state index in [1.165, 1.54) is 0 Å². The second-order valence-corrected chi connectivity index (χ2v) is 6.66. The summed E-state index contributed by atoms with van der Waals surface area (Å²) in [7, 11) is 0. The monoisotopic (exact) mass is 383 g/mol. The van der Waals surface area contributed by atoms with Gasteiger partial charge in [0.2, 0.25) is 5.95 Å². The van der Waals surface area contributed by atoms with Crippen LogP contribution in [0.15, 0.2) is 30.6 Å². The summed E-state index contributed by atoms with van der Waals surface area (Å²) in [5, 5.41) is 10.4. The molecule has 3 rings (SSSR count). The summed E-state index contributed by atoms with van der Waals surface area (Å²) in [6.07, 6.45) is 3.00. The number of rotatable bonds is 5. The molecule has 25 heavy (non-hydrogen) atoms. The number of morpholine rings is 1. The largest absolute Gasteiger partial charge is 0.486 e. The highest BCUT2D eigenvalue weighted by Gasteiger charge is 2.27. The maximum Gasteiger partial charge on any atom is 0.225 e. The van der Waals surface area contributed by atoms with Crippen LogP contribution in [0.1, 0.15) is 12.5 Å². The lowest BCUT2D eigenvalue weighted by Gasteiger charge is -2.37. The van der Waals surface area contributed by atoms with Crippen LogP contribution in [0.5, 0.6) is 5.75 Å². The molecular formula is C17H19Cl2N3O3. The van der Waals surface area contributed by atoms with Crippen molar-refractivity contribution in [2.24, 2.45) is 0 Å². The maximum atomic E-state index is 9.28. The average Bonchev–Trinajstić information content (AvgIpc) is 2.62. The molecule has 6 nitrogen and oxygen atoms in total. The molecule has 134 valence electrons. The van der Waals surface area contributed by atoms with Gasteiger partial charge in [0, 0.05) is 22.2 Å². The van der Waals surface area contributed by atoms with Crippen molar-refractivity contribution in [3.63, 3.8) is 0 Å². The number of aliphatic hydroxyl groups is 1. The predicted octanol–water partition coefficient (Wildman–Crippen LogP) is 2.95. The number of aromatic nitrogens is 2. The zero-order chi connectivity index (χ0) is 17.8. The van der Waals surface area contributed by atoms with Gasteiger partial charge >= 0.3 is 0 Å². The van der Waals surface area contributed by atoms with Crippen molar-refractivity contribution in [2.45, 2.75) is 25.7 Å². The Balaban J connectivity index is 1.66. The van der Waals surface area contributed by atoms with Gasteiger partial charge in [-0.1, -0.05) is 29.3 Å². The Bertz CT molecular complexity index is 695. The molecule has 1 aromatic heterocycles. The van der Waals surface area contributed by atoms with Crippen molar-refractivity contribution in [3.8, 4) is 5.75 Å². The highest BCUT2D eigenvalue weighted by molar-refractivity contribution is 6.35. The van der Waals surface area contributed by atoms with Crippen molar-refractivity contribution in [2.75, 3.05) is 24.7 Å². The van der Waals surface area contributed by atoms with Crippen LogP contribution in [0, 0.1) is 0 Å². The van der Waals surface area contributed by atoms with Crippen LogP contribution in [-0.4, -0.2) is 47.0 Å². The van der Waals surface area contributed by atoms with Crippen LogP contribution in [0.3, 0.4) is 0 Å². The summed E-state index contributed by atoms with van der Waals surface area (Å²) >= 11 is 12.3. The van der Waals surface area contributed by atoms with Gasteiger partial charge in [0.1, 0.15) is 6.61 Å². The lowest BCUT2D eigenvalue weighted by atomic mass is 10.2. The second kappa shape index (κ2) is 8.19. The number of hydrogen-bond donors (Lipinski definition) is 1. The quantitative estimate of drug-likeness (QED) is 0.855. The minimum atomic E-state index is -0.224. The van der Waals surface area contributed by atoms with Crippen molar-refractivity contribution in [1.29, 1.82) is 0 Å². The molecule has 1 saturated heterocycles. The normalized spacial score (nSPS) is 20.6. The highest BCUT2D eigenvalue weighted by Crippen LogP contribution is 2.26. The zero-order valence-corrected chi connectivity index (χ0v) is 15.2. The van der Waals surface area contributed by atoms with Crippen LogP contribution >= 0.6 is 23.2 Å². The molecule has 1 aromatic carbocycles. The lowest BCUT2D eigenvalue weighted by molar-refractivity contribution is -0.0108. The minimum absolute atomic E-state index is 0.0248. The summed E-state index contributed by atoms with van der Waals surface area (Å²) in [4.78, 5) is 10.7. The maximum absolute atomic E-state index is 9.28. The molecule has 1 aliphatic rings. The third-order valence-corrected chi connectivity index (χ3v) is 4.73. The van der Waals surface area contributed by atoms with E-state index in [0.29, 0.717) is 34.9 Å². The zero-order valence-electron chi connectivity index (χ0n) is 13.7. The Morgan fingerprint density at radius 3 is 2.60 bits per heavy atom. The fourth-order valence-electron chi connectivity index (χ4n) is 2.56. The molecule has 0 aliphatic carbocycles. The molecule has 0 unspecified atom stereocenters. The topological polar surface area (TPSA) is 67.7 Å². The predicted molar refractivity (Wildman–Crippen MR) is 96.5 cm³/mol. The molecule has 1 N–H and O–H groups in total. The van der Waals surface area contributed by atoms with Gasteiger partial charge in [-0.15, -0.1) is 0 Å². The van der Waals surface area contributed by atoms with Crippen molar-refractivity contribution >= 4 is 29.2 Å². The summed E-state index contributed by atoms with van der Waals surface area (Å²) in [5.41, 5.74) is 0.725. The van der Waals surface area contributed by atoms with Gasteiger partial charge in [0.05, 0.1) is 37.8 Å². The van der Waals surface area contributed by atoms with E-state index in [1.807, 2.05) is 11.8 Å². The molecule has 2 heterocycles. The van der Waals surface area contributed by atoms with Gasteiger partial charge in [-0.05, 0) is 19.1 Å². The van der Waals surface area contributed by atoms with E-state index >= 15 is 0 Å². The third-order valence-electron chi connectivity index (χ3n) is 4.03. The second-order valence-electron chi connectivity index (χ2n) is 5.85. The van der Waals surface area contributed by atoms with Gasteiger partial charge < -0.3 is 19.5 Å². The first-order valence-corrected chi connectivity index (χ1v) is 8.71. The minimum Gasteiger partial charge on any atom is -0.486 e. The Morgan fingerprint density at radius 2 is 1.96 bits per heavy atom. The molecule has 0 amide bonds. The molecule has 1 aliphatic heterocycles. The van der Waals surface area contributed by atoms with Crippen LogP contribution in [0.2, 0.25) is 10.0 Å². The number of nitrogens with zero attached hydrogens (tertiary/aromatic N) is 3. The molecule has 2 atom stereocenters. The molecule has 0 radical (unpaired) electrons. The Labute approximate surface area is 156 Å². The summed E-state index contributed by atoms with van der Waals surface area (Å²) in [6.45, 7) is 3.32. The fraction of sp³-hybridized carbons (Fsp3) is 0.412. The van der Waals surface area contributed by atoms with E-state index in [-0.39, 0.29) is 25.4 Å². The molecular weight excluding hydrogens is 365 g/mol. The summed E-state index contributed by atoms with van der Waals surface area (Å²) < 4.78 is 11.2. The number of halogens is 2. The van der Waals surface area contributed by atoms with E-state index in [1.54, 1.807) is 30.6 Å². The smallest absolute Gasteiger partial charge is 0.225 e. The van der Waals surface area contributed by atoms with Crippen LogP contribution in [-0.2, 0) is 11.3 Å². The molecule has 2 aromatic rings. The SMILES string of the molecule is C[C@@H]1CO[C@@H](CO)CN1c1ncc(OCc2c(Cl)cccc2Cl)cn1. The summed E-state index contributed by atoms with van der Waals surface area (Å²) in [6, 6.07) is 5.46. The molecule has 0 saturated carbocycles. The van der Waals surface area contributed by atoms with Crippen LogP contribution in [0.4, 0.5) is 5.95 Å². The Morgan fingerprint density at radius 1 is 1.28 bits per heavy atom. The van der Waals surface area contributed by atoms with Crippen molar-refractivity contribution < 1.29 is 14.6 Å². The van der Waals surface area contributed by atoms with E-state index in [4.69, 9.17) is 32.7 Å². The van der Waals surface area contributed by atoms with E-state index in [0.717, 1.165) is 5.56 Å². The van der Waals surface area contributed by atoms with E-state index in [2.05, 4.69) is 9.97 Å². The van der Waals surface area contributed by atoms with Crippen molar-refractivity contribution in [1.82, 2.24) is 9.97 Å². The number of benzene rings is 1. The lowest BCUT2D eigenvalue weighted by Crippen LogP contribution is -2.50. The Hall–Kier alpha value is -1.60. The first-order chi connectivity index (χ1) is 12.1. The van der Waals surface area contributed by atoms with Crippen molar-refractivity contribution in [3.05, 3.63) is 46.2 Å². The van der Waals surface area contributed by atoms with Gasteiger partial charge in [0.25, 0.3) is 0 Å². The molecule has 0 bridgehead atoms. The van der Waals surface area contributed by atoms with Crippen LogP contribution < -0.4 is 9.64 Å². The molecule has 8 heteroatoms. The van der Waals surface area contributed by atoms with Gasteiger partial charge in [-0.3, -0.25) is 0 Å². The molecule has 0 spiro atoms. The van der Waals surface area contributed by atoms with Gasteiger partial charge in [0.15, 0.2) is 5.75 Å². The standard InChI is InChI=1S/C17H19Cl2N3O3/c1-11-9-24-13(8-23)7-22(11)17-20-5-12(6-21-17)25-10-14-15(18)3-2-4-16(14)19/h2-6,11,13,23H,7-10H2,1H3/t11-,13-/m1/s1. The van der Waals surface area contributed by atoms with Gasteiger partial charge in [-0.2, -0.15) is 0 Å². The first kappa shape index (κ1) is 18.2. The number of aliphatic hydroxyl groups excluding tert-OH is 1. The number of anilines is 1. The first-order valence-electron chi connectivity index (χ1n) is 7.95.